The van der Waals surface area contributed by atoms with E-state index in [-0.39, 0.29) is 5.91 Å². The number of carbonyl (C=O) groups is 1. The molecular weight excluding hydrogens is 230 g/mol. The Kier molecular flexibility index (Phi) is 3.88. The molecule has 0 aliphatic heterocycles. The van der Waals surface area contributed by atoms with Gasteiger partial charge < -0.3 is 10.6 Å². The lowest BCUT2D eigenvalue weighted by Crippen LogP contribution is -2.32. The monoisotopic (exact) mass is 247 g/mol. The van der Waals surface area contributed by atoms with E-state index in [4.69, 9.17) is 0 Å². The molecule has 2 rings (SSSR count). The number of fused-ring (bicyclic) bond motifs is 1. The molecule has 1 unspecified atom stereocenters. The fourth-order valence-electron chi connectivity index (χ4n) is 1.79. The third-order valence-corrected chi connectivity index (χ3v) is 2.73. The predicted molar refractivity (Wildman–Crippen MR) is 68.4 cm³/mol. The van der Waals surface area contributed by atoms with E-state index in [1.165, 1.54) is 0 Å². The van der Waals surface area contributed by atoms with E-state index in [2.05, 4.69) is 27.6 Å². The highest BCUT2D eigenvalue weighted by atomic mass is 16.1. The average molecular weight is 247 g/mol. The van der Waals surface area contributed by atoms with Crippen molar-refractivity contribution in [2.24, 2.45) is 5.92 Å². The van der Waals surface area contributed by atoms with Crippen LogP contribution in [0.25, 0.3) is 5.52 Å². The van der Waals surface area contributed by atoms with Crippen LogP contribution in [0.15, 0.2) is 24.8 Å². The SMILES string of the molecule is CNCC(C)CNC(=O)c1cnn2ccncc12. The molecule has 2 aromatic heterocycles. The third kappa shape index (κ3) is 2.65. The van der Waals surface area contributed by atoms with Crippen LogP contribution >= 0.6 is 0 Å². The Balaban J connectivity index is 2.05. The zero-order valence-electron chi connectivity index (χ0n) is 10.6. The zero-order chi connectivity index (χ0) is 13.0. The third-order valence-electron chi connectivity index (χ3n) is 2.73. The Bertz CT molecular complexity index is 536. The molecule has 0 spiro atoms. The van der Waals surface area contributed by atoms with Crippen molar-refractivity contribution in [3.63, 3.8) is 0 Å². The summed E-state index contributed by atoms with van der Waals surface area (Å²) in [7, 11) is 1.90. The van der Waals surface area contributed by atoms with Gasteiger partial charge in [-0.3, -0.25) is 9.78 Å². The minimum absolute atomic E-state index is 0.110. The van der Waals surface area contributed by atoms with Gasteiger partial charge in [0, 0.05) is 18.9 Å². The molecule has 0 saturated heterocycles. The first kappa shape index (κ1) is 12.5. The summed E-state index contributed by atoms with van der Waals surface area (Å²) >= 11 is 0. The lowest BCUT2D eigenvalue weighted by Gasteiger charge is -2.11. The molecule has 0 aliphatic carbocycles. The number of nitrogens with zero attached hydrogens (tertiary/aromatic N) is 3. The van der Waals surface area contributed by atoms with Crippen molar-refractivity contribution in [2.75, 3.05) is 20.1 Å². The summed E-state index contributed by atoms with van der Waals surface area (Å²) in [6, 6.07) is 0. The molecule has 18 heavy (non-hydrogen) atoms. The maximum absolute atomic E-state index is 12.0. The molecule has 96 valence electrons. The minimum Gasteiger partial charge on any atom is -0.352 e. The Morgan fingerprint density at radius 1 is 1.44 bits per heavy atom. The molecule has 0 aromatic carbocycles. The lowest BCUT2D eigenvalue weighted by molar-refractivity contribution is 0.0949. The summed E-state index contributed by atoms with van der Waals surface area (Å²) in [4.78, 5) is 16.0. The second-order valence-electron chi connectivity index (χ2n) is 4.34. The van der Waals surface area contributed by atoms with Gasteiger partial charge in [-0.05, 0) is 19.5 Å². The van der Waals surface area contributed by atoms with E-state index < -0.39 is 0 Å². The van der Waals surface area contributed by atoms with Crippen molar-refractivity contribution in [2.45, 2.75) is 6.92 Å². The summed E-state index contributed by atoms with van der Waals surface area (Å²) in [6.45, 7) is 3.59. The van der Waals surface area contributed by atoms with Crippen LogP contribution in [-0.2, 0) is 0 Å². The molecule has 2 aromatic rings. The van der Waals surface area contributed by atoms with Gasteiger partial charge in [-0.15, -0.1) is 0 Å². The van der Waals surface area contributed by atoms with Gasteiger partial charge in [-0.2, -0.15) is 5.10 Å². The second kappa shape index (κ2) is 5.59. The molecule has 0 bridgehead atoms. The average Bonchev–Trinajstić information content (AvgIpc) is 2.80. The minimum atomic E-state index is -0.110. The lowest BCUT2D eigenvalue weighted by atomic mass is 10.2. The van der Waals surface area contributed by atoms with E-state index in [9.17, 15) is 4.79 Å². The van der Waals surface area contributed by atoms with Crippen LogP contribution in [0.4, 0.5) is 0 Å². The van der Waals surface area contributed by atoms with Gasteiger partial charge in [0.1, 0.15) is 0 Å². The van der Waals surface area contributed by atoms with E-state index in [0.29, 0.717) is 18.0 Å². The zero-order valence-corrected chi connectivity index (χ0v) is 10.6. The highest BCUT2D eigenvalue weighted by molar-refractivity contribution is 6.00. The normalized spacial score (nSPS) is 12.6. The summed E-state index contributed by atoms with van der Waals surface area (Å²) in [5.41, 5.74) is 1.27. The maximum Gasteiger partial charge on any atom is 0.255 e. The summed E-state index contributed by atoms with van der Waals surface area (Å²) in [6.07, 6.45) is 6.56. The van der Waals surface area contributed by atoms with Gasteiger partial charge in [0.15, 0.2) is 0 Å². The molecule has 1 amide bonds. The molecule has 2 N–H and O–H groups in total. The van der Waals surface area contributed by atoms with Gasteiger partial charge in [0.05, 0.1) is 23.5 Å². The second-order valence-corrected chi connectivity index (χ2v) is 4.34. The van der Waals surface area contributed by atoms with Gasteiger partial charge >= 0.3 is 0 Å². The maximum atomic E-state index is 12.0. The van der Waals surface area contributed by atoms with Crippen LogP contribution in [0.2, 0.25) is 0 Å². The highest BCUT2D eigenvalue weighted by Crippen LogP contribution is 2.08. The van der Waals surface area contributed by atoms with Crippen molar-refractivity contribution in [1.29, 1.82) is 0 Å². The van der Waals surface area contributed by atoms with Crippen LogP contribution < -0.4 is 10.6 Å². The van der Waals surface area contributed by atoms with Crippen LogP contribution in [0, 0.1) is 5.92 Å². The molecule has 1 atom stereocenters. The number of rotatable bonds is 5. The van der Waals surface area contributed by atoms with Gasteiger partial charge in [-0.25, -0.2) is 4.52 Å². The van der Waals surface area contributed by atoms with Crippen molar-refractivity contribution in [1.82, 2.24) is 25.2 Å². The molecule has 6 heteroatoms. The van der Waals surface area contributed by atoms with Gasteiger partial charge in [0.25, 0.3) is 5.91 Å². The number of aromatic nitrogens is 3. The summed E-state index contributed by atoms with van der Waals surface area (Å²) in [5, 5.41) is 10.1. The standard InChI is InChI=1S/C12H17N5O/c1-9(5-13-2)6-15-12(18)10-7-16-17-4-3-14-8-11(10)17/h3-4,7-9,13H,5-6H2,1-2H3,(H,15,18). The molecular formula is C12H17N5O. The molecule has 0 fully saturated rings. The first-order valence-electron chi connectivity index (χ1n) is 5.92. The number of hydrogen-bond donors (Lipinski definition) is 2. The molecule has 0 aliphatic rings. The summed E-state index contributed by atoms with van der Waals surface area (Å²) < 4.78 is 1.64. The molecule has 6 nitrogen and oxygen atoms in total. The topological polar surface area (TPSA) is 71.3 Å². The van der Waals surface area contributed by atoms with Gasteiger partial charge in [-0.1, -0.05) is 6.92 Å². The molecule has 2 heterocycles. The van der Waals surface area contributed by atoms with Crippen LogP contribution in [0.1, 0.15) is 17.3 Å². The predicted octanol–water partition coefficient (Wildman–Crippen LogP) is 0.315. The van der Waals surface area contributed by atoms with Crippen molar-refractivity contribution < 1.29 is 4.79 Å². The fourth-order valence-corrected chi connectivity index (χ4v) is 1.79. The van der Waals surface area contributed by atoms with Gasteiger partial charge in [0.2, 0.25) is 0 Å². The fraction of sp³-hybridized carbons (Fsp3) is 0.417. The highest BCUT2D eigenvalue weighted by Gasteiger charge is 2.13. The van der Waals surface area contributed by atoms with E-state index >= 15 is 0 Å². The largest absolute Gasteiger partial charge is 0.352 e. The Morgan fingerprint density at radius 2 is 2.28 bits per heavy atom. The number of nitrogens with one attached hydrogen (secondary N) is 2. The van der Waals surface area contributed by atoms with Crippen LogP contribution in [-0.4, -0.2) is 40.6 Å². The number of hydrogen-bond acceptors (Lipinski definition) is 4. The first-order chi connectivity index (χ1) is 8.72. The van der Waals surface area contributed by atoms with Crippen molar-refractivity contribution in [3.8, 4) is 0 Å². The smallest absolute Gasteiger partial charge is 0.255 e. The van der Waals surface area contributed by atoms with Crippen LogP contribution in [0.5, 0.6) is 0 Å². The van der Waals surface area contributed by atoms with Crippen molar-refractivity contribution >= 4 is 11.4 Å². The number of amides is 1. The van der Waals surface area contributed by atoms with Crippen molar-refractivity contribution in [3.05, 3.63) is 30.4 Å². The Hall–Kier alpha value is -1.95. The molecule has 0 saturated carbocycles. The van der Waals surface area contributed by atoms with Crippen LogP contribution in [0.3, 0.4) is 0 Å². The Labute approximate surface area is 105 Å². The summed E-state index contributed by atoms with van der Waals surface area (Å²) in [5.74, 6) is 0.278. The first-order valence-corrected chi connectivity index (χ1v) is 5.92. The Morgan fingerprint density at radius 3 is 3.06 bits per heavy atom. The number of carbonyl (C=O) groups excluding carboxylic acids is 1. The van der Waals surface area contributed by atoms with E-state index in [1.54, 1.807) is 29.3 Å². The molecule has 0 radical (unpaired) electrons. The quantitative estimate of drug-likeness (QED) is 0.798. The van der Waals surface area contributed by atoms with E-state index in [1.807, 2.05) is 7.05 Å². The van der Waals surface area contributed by atoms with E-state index in [0.717, 1.165) is 12.1 Å².